The lowest BCUT2D eigenvalue weighted by atomic mass is 10.6. The Hall–Kier alpha value is -0.660. The molecule has 0 bridgehead atoms. The van der Waals surface area contributed by atoms with Gasteiger partial charge in [0.2, 0.25) is 5.13 Å². The molecule has 1 N–H and O–H groups in total. The van der Waals surface area contributed by atoms with Gasteiger partial charge < -0.3 is 5.32 Å². The average molecular weight is 272 g/mol. The number of aromatic nitrogens is 3. The number of hydrogen-bond donors (Lipinski definition) is 1. The Bertz CT molecular complexity index is 451. The summed E-state index contributed by atoms with van der Waals surface area (Å²) in [5.41, 5.74) is 0. The van der Waals surface area contributed by atoms with Gasteiger partial charge in [-0.05, 0) is 13.8 Å². The molecular formula is C9H12N4S3. The van der Waals surface area contributed by atoms with E-state index in [1.165, 1.54) is 4.88 Å². The number of anilines is 1. The lowest BCUT2D eigenvalue weighted by Crippen LogP contribution is -1.94. The number of hydrogen-bond acceptors (Lipinski definition) is 7. The minimum Gasteiger partial charge on any atom is -0.360 e. The maximum absolute atomic E-state index is 4.31. The number of aryl methyl sites for hydroxylation is 1. The van der Waals surface area contributed by atoms with Gasteiger partial charge in [-0.25, -0.2) is 4.98 Å². The molecule has 86 valence electrons. The van der Waals surface area contributed by atoms with Crippen molar-refractivity contribution in [3.63, 3.8) is 0 Å². The molecule has 0 amide bonds. The Morgan fingerprint density at radius 1 is 1.38 bits per heavy atom. The van der Waals surface area contributed by atoms with Crippen LogP contribution in [0.4, 0.5) is 5.13 Å². The van der Waals surface area contributed by atoms with E-state index in [4.69, 9.17) is 0 Å². The molecule has 2 aromatic rings. The lowest BCUT2D eigenvalue weighted by Gasteiger charge is -1.92. The lowest BCUT2D eigenvalue weighted by molar-refractivity contribution is 1.00. The second-order valence-corrected chi connectivity index (χ2v) is 6.58. The monoisotopic (exact) mass is 272 g/mol. The van der Waals surface area contributed by atoms with E-state index < -0.39 is 0 Å². The first kappa shape index (κ1) is 11.8. The predicted octanol–water partition coefficient (Wildman–Crippen LogP) is 3.03. The van der Waals surface area contributed by atoms with E-state index in [0.717, 1.165) is 26.8 Å². The molecule has 0 aliphatic rings. The molecule has 2 aromatic heterocycles. The molecule has 0 saturated carbocycles. The van der Waals surface area contributed by atoms with Crippen molar-refractivity contribution < 1.29 is 0 Å². The van der Waals surface area contributed by atoms with Crippen molar-refractivity contribution in [3.8, 4) is 0 Å². The third kappa shape index (κ3) is 3.16. The van der Waals surface area contributed by atoms with Crippen LogP contribution in [-0.4, -0.2) is 21.7 Å². The molecule has 0 unspecified atom stereocenters. The topological polar surface area (TPSA) is 50.7 Å². The van der Waals surface area contributed by atoms with E-state index in [1.807, 2.05) is 13.1 Å². The minimum atomic E-state index is 0.874. The third-order valence-electron chi connectivity index (χ3n) is 1.72. The zero-order chi connectivity index (χ0) is 11.4. The molecule has 0 aliphatic heterocycles. The van der Waals surface area contributed by atoms with Gasteiger partial charge in [-0.2, -0.15) is 0 Å². The third-order valence-corrected chi connectivity index (χ3v) is 4.84. The molecule has 0 atom stereocenters. The summed E-state index contributed by atoms with van der Waals surface area (Å²) in [4.78, 5) is 5.56. The Balaban J connectivity index is 1.89. The Labute approximate surface area is 107 Å². The Kier molecular flexibility index (Phi) is 4.14. The highest BCUT2D eigenvalue weighted by atomic mass is 32.2. The summed E-state index contributed by atoms with van der Waals surface area (Å²) >= 11 is 5.01. The largest absolute Gasteiger partial charge is 0.360 e. The van der Waals surface area contributed by atoms with E-state index in [-0.39, 0.29) is 0 Å². The van der Waals surface area contributed by atoms with Gasteiger partial charge in [0.1, 0.15) is 5.01 Å². The summed E-state index contributed by atoms with van der Waals surface area (Å²) in [5.74, 6) is 0.874. The van der Waals surface area contributed by atoms with E-state index >= 15 is 0 Å². The summed E-state index contributed by atoms with van der Waals surface area (Å²) in [6.45, 7) is 5.00. The Morgan fingerprint density at radius 2 is 2.25 bits per heavy atom. The first-order valence-electron chi connectivity index (χ1n) is 4.89. The first-order valence-corrected chi connectivity index (χ1v) is 7.51. The van der Waals surface area contributed by atoms with Gasteiger partial charge in [0.25, 0.3) is 0 Å². The van der Waals surface area contributed by atoms with Crippen LogP contribution in [0.15, 0.2) is 10.5 Å². The van der Waals surface area contributed by atoms with Gasteiger partial charge in [0.15, 0.2) is 4.34 Å². The van der Waals surface area contributed by atoms with Crippen LogP contribution in [0.1, 0.15) is 16.8 Å². The summed E-state index contributed by atoms with van der Waals surface area (Å²) in [5, 5.41) is 13.3. The summed E-state index contributed by atoms with van der Waals surface area (Å²) in [6, 6.07) is 0. The van der Waals surface area contributed by atoms with Gasteiger partial charge in [0, 0.05) is 17.6 Å². The molecule has 2 rings (SSSR count). The number of nitrogens with zero attached hydrogens (tertiary/aromatic N) is 3. The maximum Gasteiger partial charge on any atom is 0.206 e. The summed E-state index contributed by atoms with van der Waals surface area (Å²) < 4.78 is 0.990. The molecule has 0 saturated heterocycles. The standard InChI is InChI=1S/C9H12N4S3/c1-3-10-8-12-13-9(16-8)14-5-7-11-4-6(2)15-7/h4H,3,5H2,1-2H3,(H,10,12). The second-order valence-electron chi connectivity index (χ2n) is 3.06. The molecule has 16 heavy (non-hydrogen) atoms. The van der Waals surface area contributed by atoms with Crippen molar-refractivity contribution in [2.45, 2.75) is 23.9 Å². The van der Waals surface area contributed by atoms with Crippen molar-refractivity contribution in [3.05, 3.63) is 16.1 Å². The number of thioether (sulfide) groups is 1. The number of thiazole rings is 1. The van der Waals surface area contributed by atoms with Crippen LogP contribution in [-0.2, 0) is 5.75 Å². The Morgan fingerprint density at radius 3 is 2.94 bits per heavy atom. The molecule has 0 aromatic carbocycles. The van der Waals surface area contributed by atoms with Gasteiger partial charge in [-0.15, -0.1) is 21.5 Å². The van der Waals surface area contributed by atoms with Crippen molar-refractivity contribution >= 4 is 39.6 Å². The molecule has 0 fully saturated rings. The van der Waals surface area contributed by atoms with Crippen LogP contribution < -0.4 is 5.32 Å². The van der Waals surface area contributed by atoms with Crippen LogP contribution >= 0.6 is 34.4 Å². The zero-order valence-corrected chi connectivity index (χ0v) is 11.5. The highest BCUT2D eigenvalue weighted by Crippen LogP contribution is 2.29. The molecular weight excluding hydrogens is 260 g/mol. The minimum absolute atomic E-state index is 0.874. The van der Waals surface area contributed by atoms with E-state index in [1.54, 1.807) is 34.4 Å². The van der Waals surface area contributed by atoms with Crippen LogP contribution in [0.2, 0.25) is 0 Å². The van der Waals surface area contributed by atoms with Crippen LogP contribution in [0.25, 0.3) is 0 Å². The number of nitrogens with one attached hydrogen (secondary N) is 1. The predicted molar refractivity (Wildman–Crippen MR) is 70.5 cm³/mol. The van der Waals surface area contributed by atoms with E-state index in [9.17, 15) is 0 Å². The fraction of sp³-hybridized carbons (Fsp3) is 0.444. The molecule has 2 heterocycles. The van der Waals surface area contributed by atoms with Gasteiger partial charge in [-0.1, -0.05) is 23.1 Å². The highest BCUT2D eigenvalue weighted by molar-refractivity contribution is 8.00. The molecule has 0 spiro atoms. The molecule has 7 heteroatoms. The number of rotatable bonds is 5. The molecule has 0 radical (unpaired) electrons. The van der Waals surface area contributed by atoms with Crippen molar-refractivity contribution in [2.24, 2.45) is 0 Å². The van der Waals surface area contributed by atoms with Gasteiger partial charge in [-0.3, -0.25) is 0 Å². The van der Waals surface area contributed by atoms with Crippen LogP contribution in [0.3, 0.4) is 0 Å². The second kappa shape index (κ2) is 5.60. The van der Waals surface area contributed by atoms with Gasteiger partial charge >= 0.3 is 0 Å². The zero-order valence-electron chi connectivity index (χ0n) is 9.06. The van der Waals surface area contributed by atoms with Crippen molar-refractivity contribution in [1.29, 1.82) is 0 Å². The van der Waals surface area contributed by atoms with Crippen molar-refractivity contribution in [2.75, 3.05) is 11.9 Å². The molecule has 4 nitrogen and oxygen atoms in total. The summed E-state index contributed by atoms with van der Waals surface area (Å²) in [6.07, 6.45) is 1.91. The van der Waals surface area contributed by atoms with E-state index in [2.05, 4.69) is 27.4 Å². The first-order chi connectivity index (χ1) is 7.78. The van der Waals surface area contributed by atoms with Gasteiger partial charge in [0.05, 0.1) is 5.75 Å². The normalized spacial score (nSPS) is 10.6. The molecule has 0 aliphatic carbocycles. The van der Waals surface area contributed by atoms with Crippen molar-refractivity contribution in [1.82, 2.24) is 15.2 Å². The smallest absolute Gasteiger partial charge is 0.206 e. The fourth-order valence-corrected chi connectivity index (χ4v) is 3.69. The maximum atomic E-state index is 4.31. The van der Waals surface area contributed by atoms with Crippen LogP contribution in [0.5, 0.6) is 0 Å². The quantitative estimate of drug-likeness (QED) is 0.848. The highest BCUT2D eigenvalue weighted by Gasteiger charge is 2.05. The summed E-state index contributed by atoms with van der Waals surface area (Å²) in [7, 11) is 0. The average Bonchev–Trinajstić information content (AvgIpc) is 2.85. The SMILES string of the molecule is CCNc1nnc(SCc2ncc(C)s2)s1. The van der Waals surface area contributed by atoms with E-state index in [0.29, 0.717) is 0 Å². The van der Waals surface area contributed by atoms with Crippen LogP contribution in [0, 0.1) is 6.92 Å². The fourth-order valence-electron chi connectivity index (χ4n) is 1.08.